The quantitative estimate of drug-likeness (QED) is 0.332. The van der Waals surface area contributed by atoms with Crippen LogP contribution >= 0.6 is 22.6 Å². The van der Waals surface area contributed by atoms with Crippen molar-refractivity contribution in [3.05, 3.63) is 32.7 Å². The van der Waals surface area contributed by atoms with Gasteiger partial charge in [0.05, 0.1) is 9.13 Å². The van der Waals surface area contributed by atoms with Crippen LogP contribution in [0.2, 0.25) is 0 Å². The standard InChI is InChI=1S/C11H10F3IO2/c1-11(2,3)17-10(16)5-4-6(15)8(13)9(14)7(5)12/h4H,1-3H3. The molecule has 0 N–H and O–H groups in total. The van der Waals surface area contributed by atoms with E-state index in [4.69, 9.17) is 4.74 Å². The maximum atomic E-state index is 13.3. The summed E-state index contributed by atoms with van der Waals surface area (Å²) >= 11 is 1.47. The van der Waals surface area contributed by atoms with Crippen LogP contribution in [0.15, 0.2) is 6.07 Å². The molecule has 0 bridgehead atoms. The molecule has 0 aliphatic heterocycles. The summed E-state index contributed by atoms with van der Waals surface area (Å²) in [5, 5.41) is 0. The fourth-order valence-corrected chi connectivity index (χ4v) is 1.60. The zero-order chi connectivity index (χ0) is 13.4. The largest absolute Gasteiger partial charge is 0.456 e. The fraction of sp³-hybridized carbons (Fsp3) is 0.364. The Balaban J connectivity index is 3.20. The van der Waals surface area contributed by atoms with Crippen molar-refractivity contribution >= 4 is 28.6 Å². The van der Waals surface area contributed by atoms with Crippen molar-refractivity contribution in [2.24, 2.45) is 0 Å². The third kappa shape index (κ3) is 3.34. The van der Waals surface area contributed by atoms with Crippen molar-refractivity contribution in [1.29, 1.82) is 0 Å². The molecule has 1 aromatic carbocycles. The summed E-state index contributed by atoms with van der Waals surface area (Å²) in [5.41, 5.74) is -1.44. The smallest absolute Gasteiger partial charge is 0.341 e. The Hall–Kier alpha value is -0.790. The number of benzene rings is 1. The molecule has 0 saturated carbocycles. The second kappa shape index (κ2) is 4.83. The van der Waals surface area contributed by atoms with Crippen LogP contribution < -0.4 is 0 Å². The van der Waals surface area contributed by atoms with Crippen molar-refractivity contribution in [2.75, 3.05) is 0 Å². The van der Waals surface area contributed by atoms with E-state index < -0.39 is 34.6 Å². The first-order chi connectivity index (χ1) is 7.63. The Morgan fingerprint density at radius 2 is 1.71 bits per heavy atom. The monoisotopic (exact) mass is 358 g/mol. The number of rotatable bonds is 1. The van der Waals surface area contributed by atoms with Gasteiger partial charge in [0.15, 0.2) is 17.5 Å². The highest BCUT2D eigenvalue weighted by atomic mass is 127. The van der Waals surface area contributed by atoms with Gasteiger partial charge in [-0.25, -0.2) is 18.0 Å². The van der Waals surface area contributed by atoms with Gasteiger partial charge >= 0.3 is 5.97 Å². The van der Waals surface area contributed by atoms with Crippen molar-refractivity contribution in [2.45, 2.75) is 26.4 Å². The third-order valence-electron chi connectivity index (χ3n) is 1.72. The average Bonchev–Trinajstić information content (AvgIpc) is 2.17. The predicted octanol–water partition coefficient (Wildman–Crippen LogP) is 3.66. The highest BCUT2D eigenvalue weighted by molar-refractivity contribution is 14.1. The molecular weight excluding hydrogens is 348 g/mol. The molecule has 0 aliphatic carbocycles. The number of esters is 1. The van der Waals surface area contributed by atoms with E-state index in [0.29, 0.717) is 0 Å². The molecule has 0 amide bonds. The van der Waals surface area contributed by atoms with Gasteiger partial charge in [-0.2, -0.15) is 0 Å². The second-order valence-electron chi connectivity index (χ2n) is 4.35. The zero-order valence-corrected chi connectivity index (χ0v) is 11.6. The van der Waals surface area contributed by atoms with Gasteiger partial charge in [0.2, 0.25) is 0 Å². The van der Waals surface area contributed by atoms with Gasteiger partial charge in [-0.1, -0.05) is 0 Å². The summed E-state index contributed by atoms with van der Waals surface area (Å²) in [6.07, 6.45) is 0. The first-order valence-electron chi connectivity index (χ1n) is 4.70. The van der Waals surface area contributed by atoms with E-state index in [1.54, 1.807) is 20.8 Å². The van der Waals surface area contributed by atoms with Crippen LogP contribution in [0.5, 0.6) is 0 Å². The van der Waals surface area contributed by atoms with Crippen molar-refractivity contribution in [1.82, 2.24) is 0 Å². The number of hydrogen-bond donors (Lipinski definition) is 0. The summed E-state index contributed by atoms with van der Waals surface area (Å²) in [6, 6.07) is 0.919. The molecule has 0 saturated heterocycles. The van der Waals surface area contributed by atoms with E-state index in [1.165, 1.54) is 22.6 Å². The maximum absolute atomic E-state index is 13.3. The Bertz CT molecular complexity index is 467. The van der Waals surface area contributed by atoms with E-state index in [2.05, 4.69) is 0 Å². The van der Waals surface area contributed by atoms with E-state index in [9.17, 15) is 18.0 Å². The van der Waals surface area contributed by atoms with Crippen molar-refractivity contribution < 1.29 is 22.7 Å². The molecular formula is C11H10F3IO2. The molecule has 0 atom stereocenters. The Morgan fingerprint density at radius 1 is 1.18 bits per heavy atom. The first kappa shape index (κ1) is 14.3. The lowest BCUT2D eigenvalue weighted by molar-refractivity contribution is 0.00633. The van der Waals surface area contributed by atoms with Crippen LogP contribution in [0.3, 0.4) is 0 Å². The molecule has 0 radical (unpaired) electrons. The number of halogens is 4. The molecule has 0 unspecified atom stereocenters. The lowest BCUT2D eigenvalue weighted by Crippen LogP contribution is -2.25. The van der Waals surface area contributed by atoms with E-state index in [1.807, 2.05) is 0 Å². The number of carbonyl (C=O) groups is 1. The van der Waals surface area contributed by atoms with Gasteiger partial charge in [0, 0.05) is 0 Å². The van der Waals surface area contributed by atoms with Crippen LogP contribution in [0.1, 0.15) is 31.1 Å². The third-order valence-corrected chi connectivity index (χ3v) is 2.51. The van der Waals surface area contributed by atoms with Crippen molar-refractivity contribution in [3.8, 4) is 0 Å². The minimum absolute atomic E-state index is 0.178. The molecule has 6 heteroatoms. The summed E-state index contributed by atoms with van der Waals surface area (Å²) < 4.78 is 44.1. The van der Waals surface area contributed by atoms with Gasteiger partial charge < -0.3 is 4.74 Å². The SMILES string of the molecule is CC(C)(C)OC(=O)c1cc(I)c(F)c(F)c1F. The van der Waals surface area contributed by atoms with Crippen LogP contribution in [0, 0.1) is 21.0 Å². The Kier molecular flexibility index (Phi) is 4.06. The highest BCUT2D eigenvalue weighted by Crippen LogP contribution is 2.23. The molecule has 0 aromatic heterocycles. The van der Waals surface area contributed by atoms with Gasteiger partial charge in [-0.05, 0) is 49.4 Å². The van der Waals surface area contributed by atoms with Crippen molar-refractivity contribution in [3.63, 3.8) is 0 Å². The topological polar surface area (TPSA) is 26.3 Å². The molecule has 1 rings (SSSR count). The summed E-state index contributed by atoms with van der Waals surface area (Å²) in [5.74, 6) is -5.53. The maximum Gasteiger partial charge on any atom is 0.341 e. The lowest BCUT2D eigenvalue weighted by Gasteiger charge is -2.19. The number of hydrogen-bond acceptors (Lipinski definition) is 2. The van der Waals surface area contributed by atoms with Gasteiger partial charge in [0.1, 0.15) is 5.60 Å². The predicted molar refractivity (Wildman–Crippen MR) is 64.2 cm³/mol. The molecule has 94 valence electrons. The summed E-state index contributed by atoms with van der Waals surface area (Å²) in [6.45, 7) is 4.77. The average molecular weight is 358 g/mol. The Labute approximate surface area is 110 Å². The minimum Gasteiger partial charge on any atom is -0.456 e. The normalized spacial score (nSPS) is 11.5. The number of ether oxygens (including phenoxy) is 1. The van der Waals surface area contributed by atoms with E-state index >= 15 is 0 Å². The molecule has 0 aliphatic rings. The first-order valence-corrected chi connectivity index (χ1v) is 5.77. The van der Waals surface area contributed by atoms with Gasteiger partial charge in [-0.15, -0.1) is 0 Å². The lowest BCUT2D eigenvalue weighted by atomic mass is 10.1. The molecule has 0 heterocycles. The minimum atomic E-state index is -1.67. The van der Waals surface area contributed by atoms with Gasteiger partial charge in [-0.3, -0.25) is 0 Å². The van der Waals surface area contributed by atoms with Crippen LogP contribution in [0.4, 0.5) is 13.2 Å². The highest BCUT2D eigenvalue weighted by Gasteiger charge is 2.25. The molecule has 17 heavy (non-hydrogen) atoms. The summed E-state index contributed by atoms with van der Waals surface area (Å²) in [7, 11) is 0. The Morgan fingerprint density at radius 3 is 2.18 bits per heavy atom. The van der Waals surface area contributed by atoms with E-state index in [-0.39, 0.29) is 3.57 Å². The molecule has 2 nitrogen and oxygen atoms in total. The molecule has 1 aromatic rings. The van der Waals surface area contributed by atoms with Crippen LogP contribution in [0.25, 0.3) is 0 Å². The van der Waals surface area contributed by atoms with E-state index in [0.717, 1.165) is 6.07 Å². The second-order valence-corrected chi connectivity index (χ2v) is 5.51. The fourth-order valence-electron chi connectivity index (χ4n) is 1.05. The molecule has 0 spiro atoms. The van der Waals surface area contributed by atoms with Gasteiger partial charge in [0.25, 0.3) is 0 Å². The summed E-state index contributed by atoms with van der Waals surface area (Å²) in [4.78, 5) is 11.5. The molecule has 0 fully saturated rings. The van der Waals surface area contributed by atoms with Crippen LogP contribution in [-0.4, -0.2) is 11.6 Å². The number of carbonyl (C=O) groups excluding carboxylic acids is 1. The van der Waals surface area contributed by atoms with Crippen LogP contribution in [-0.2, 0) is 4.74 Å². The zero-order valence-electron chi connectivity index (χ0n) is 9.41.